The molecule has 0 bridgehead atoms. The molecule has 0 saturated carbocycles. The second-order valence-electron chi connectivity index (χ2n) is 5.78. The number of hydrogen-bond donors (Lipinski definition) is 2. The molecule has 8 nitrogen and oxygen atoms in total. The smallest absolute Gasteiger partial charge is 0.328 e. The molecular weight excluding hydrogens is 324 g/mol. The topological polar surface area (TPSA) is 104 Å². The van der Waals surface area contributed by atoms with Crippen molar-refractivity contribution in [1.82, 2.24) is 14.5 Å². The number of rotatable bonds is 5. The fourth-order valence-corrected chi connectivity index (χ4v) is 2.22. The van der Waals surface area contributed by atoms with Crippen LogP contribution in [0, 0.1) is 13.8 Å². The average Bonchev–Trinajstić information content (AvgIpc) is 2.54. The first kappa shape index (κ1) is 18.2. The van der Waals surface area contributed by atoms with E-state index >= 15 is 0 Å². The summed E-state index contributed by atoms with van der Waals surface area (Å²) in [7, 11) is 1.47. The molecule has 2 N–H and O–H groups in total. The van der Waals surface area contributed by atoms with Crippen molar-refractivity contribution in [2.24, 2.45) is 0 Å². The van der Waals surface area contributed by atoms with Gasteiger partial charge in [-0.3, -0.25) is 23.9 Å². The fraction of sp³-hybridized carbons (Fsp3) is 0.294. The number of H-pyrrole nitrogens is 1. The highest BCUT2D eigenvalue weighted by Crippen LogP contribution is 2.17. The monoisotopic (exact) mass is 344 g/mol. The molecule has 8 heteroatoms. The Labute approximate surface area is 144 Å². The van der Waals surface area contributed by atoms with E-state index < -0.39 is 17.2 Å². The van der Waals surface area contributed by atoms with Crippen LogP contribution in [0.2, 0.25) is 0 Å². The van der Waals surface area contributed by atoms with Crippen molar-refractivity contribution in [3.05, 3.63) is 62.4 Å². The number of nitrogens with zero attached hydrogens (tertiary/aromatic N) is 2. The van der Waals surface area contributed by atoms with E-state index in [0.717, 1.165) is 21.8 Å². The van der Waals surface area contributed by atoms with Gasteiger partial charge in [0.15, 0.2) is 0 Å². The molecule has 0 radical (unpaired) electrons. The molecular formula is C17H20N4O4. The predicted molar refractivity (Wildman–Crippen MR) is 93.5 cm³/mol. The van der Waals surface area contributed by atoms with Gasteiger partial charge in [-0.15, -0.1) is 0 Å². The lowest BCUT2D eigenvalue weighted by Gasteiger charge is -2.18. The summed E-state index contributed by atoms with van der Waals surface area (Å²) < 4.78 is 1.07. The SMILES string of the molecule is Cc1cccc(NC(=O)CN(C)C(=O)Cn2ccc(=O)[nH]c2=O)c1C. The van der Waals surface area contributed by atoms with Crippen LogP contribution in [0.1, 0.15) is 11.1 Å². The summed E-state index contributed by atoms with van der Waals surface area (Å²) in [5.74, 6) is -0.761. The summed E-state index contributed by atoms with van der Waals surface area (Å²) in [6.07, 6.45) is 1.24. The van der Waals surface area contributed by atoms with Gasteiger partial charge >= 0.3 is 5.69 Å². The number of benzene rings is 1. The van der Waals surface area contributed by atoms with Crippen molar-refractivity contribution in [3.8, 4) is 0 Å². The van der Waals surface area contributed by atoms with Gasteiger partial charge < -0.3 is 10.2 Å². The van der Waals surface area contributed by atoms with Gasteiger partial charge in [0.05, 0.1) is 6.54 Å². The van der Waals surface area contributed by atoms with E-state index in [1.807, 2.05) is 26.0 Å². The number of aromatic nitrogens is 2. The first-order chi connectivity index (χ1) is 11.8. The van der Waals surface area contributed by atoms with Crippen molar-refractivity contribution < 1.29 is 9.59 Å². The van der Waals surface area contributed by atoms with Crippen molar-refractivity contribution in [2.45, 2.75) is 20.4 Å². The minimum Gasteiger partial charge on any atom is -0.335 e. The molecule has 0 aliphatic carbocycles. The zero-order chi connectivity index (χ0) is 18.6. The van der Waals surface area contributed by atoms with E-state index in [2.05, 4.69) is 10.3 Å². The molecule has 25 heavy (non-hydrogen) atoms. The summed E-state index contributed by atoms with van der Waals surface area (Å²) in [4.78, 5) is 50.2. The first-order valence-corrected chi connectivity index (χ1v) is 7.67. The second kappa shape index (κ2) is 7.61. The summed E-state index contributed by atoms with van der Waals surface area (Å²) in [5, 5.41) is 2.77. The summed E-state index contributed by atoms with van der Waals surface area (Å²) in [6, 6.07) is 6.74. The van der Waals surface area contributed by atoms with Gasteiger partial charge in [0.2, 0.25) is 11.8 Å². The van der Waals surface area contributed by atoms with Gasteiger partial charge in [-0.1, -0.05) is 12.1 Å². The second-order valence-corrected chi connectivity index (χ2v) is 5.78. The molecule has 0 unspecified atom stereocenters. The zero-order valence-corrected chi connectivity index (χ0v) is 14.3. The quantitative estimate of drug-likeness (QED) is 0.811. The summed E-state index contributed by atoms with van der Waals surface area (Å²) in [6.45, 7) is 3.44. The third-order valence-corrected chi connectivity index (χ3v) is 3.89. The Morgan fingerprint density at radius 2 is 1.92 bits per heavy atom. The number of anilines is 1. The minimum atomic E-state index is -0.672. The molecule has 0 spiro atoms. The number of nitrogens with one attached hydrogen (secondary N) is 2. The molecule has 1 aromatic heterocycles. The van der Waals surface area contributed by atoms with Gasteiger partial charge in [0, 0.05) is 25.0 Å². The van der Waals surface area contributed by atoms with E-state index in [0.29, 0.717) is 5.69 Å². The zero-order valence-electron chi connectivity index (χ0n) is 14.3. The number of amides is 2. The third-order valence-electron chi connectivity index (χ3n) is 3.89. The van der Waals surface area contributed by atoms with Crippen molar-refractivity contribution in [1.29, 1.82) is 0 Å². The normalized spacial score (nSPS) is 10.4. The number of hydrogen-bond acceptors (Lipinski definition) is 4. The highest BCUT2D eigenvalue weighted by Gasteiger charge is 2.15. The number of aryl methyl sites for hydroxylation is 1. The predicted octanol–water partition coefficient (Wildman–Crippen LogP) is 0.251. The van der Waals surface area contributed by atoms with Gasteiger partial charge in [0.25, 0.3) is 5.56 Å². The maximum atomic E-state index is 12.2. The number of likely N-dealkylation sites (N-methyl/N-ethyl adjacent to an activating group) is 1. The molecule has 2 aromatic rings. The van der Waals surface area contributed by atoms with Gasteiger partial charge in [-0.2, -0.15) is 0 Å². The van der Waals surface area contributed by atoms with E-state index in [9.17, 15) is 19.2 Å². The fourth-order valence-electron chi connectivity index (χ4n) is 2.22. The third kappa shape index (κ3) is 4.66. The van der Waals surface area contributed by atoms with E-state index in [-0.39, 0.29) is 19.0 Å². The molecule has 1 aromatic carbocycles. The lowest BCUT2D eigenvalue weighted by molar-refractivity contribution is -0.133. The van der Waals surface area contributed by atoms with E-state index in [1.165, 1.54) is 18.1 Å². The van der Waals surface area contributed by atoms with Crippen molar-refractivity contribution in [2.75, 3.05) is 18.9 Å². The van der Waals surface area contributed by atoms with Crippen LogP contribution in [-0.4, -0.2) is 39.9 Å². The van der Waals surface area contributed by atoms with Crippen LogP contribution in [0.3, 0.4) is 0 Å². The van der Waals surface area contributed by atoms with Crippen LogP contribution >= 0.6 is 0 Å². The molecule has 0 aliphatic heterocycles. The molecule has 2 rings (SSSR count). The molecule has 2 amide bonds. The van der Waals surface area contributed by atoms with Crippen molar-refractivity contribution >= 4 is 17.5 Å². The van der Waals surface area contributed by atoms with Crippen LogP contribution in [-0.2, 0) is 16.1 Å². The van der Waals surface area contributed by atoms with Crippen LogP contribution in [0.5, 0.6) is 0 Å². The molecule has 0 saturated heterocycles. The lowest BCUT2D eigenvalue weighted by Crippen LogP contribution is -2.39. The van der Waals surface area contributed by atoms with Gasteiger partial charge in [-0.05, 0) is 31.0 Å². The lowest BCUT2D eigenvalue weighted by atomic mass is 10.1. The van der Waals surface area contributed by atoms with Crippen LogP contribution in [0.25, 0.3) is 0 Å². The van der Waals surface area contributed by atoms with Crippen molar-refractivity contribution in [3.63, 3.8) is 0 Å². The Bertz CT molecular complexity index is 913. The molecule has 0 aliphatic rings. The number of carbonyl (C=O) groups excluding carboxylic acids is 2. The van der Waals surface area contributed by atoms with Crippen LogP contribution < -0.4 is 16.6 Å². The first-order valence-electron chi connectivity index (χ1n) is 7.67. The highest BCUT2D eigenvalue weighted by molar-refractivity contribution is 5.95. The summed E-state index contributed by atoms with van der Waals surface area (Å²) >= 11 is 0. The molecule has 0 fully saturated rings. The van der Waals surface area contributed by atoms with Gasteiger partial charge in [-0.25, -0.2) is 4.79 Å². The highest BCUT2D eigenvalue weighted by atomic mass is 16.2. The molecule has 1 heterocycles. The number of carbonyl (C=O) groups is 2. The largest absolute Gasteiger partial charge is 0.335 e. The van der Waals surface area contributed by atoms with E-state index in [1.54, 1.807) is 6.07 Å². The minimum absolute atomic E-state index is 0.148. The van der Waals surface area contributed by atoms with Gasteiger partial charge in [0.1, 0.15) is 6.54 Å². The Hall–Kier alpha value is -3.16. The summed E-state index contributed by atoms with van der Waals surface area (Å²) in [5.41, 5.74) is 1.51. The molecule has 0 atom stereocenters. The maximum absolute atomic E-state index is 12.2. The van der Waals surface area contributed by atoms with E-state index in [4.69, 9.17) is 0 Å². The molecule has 132 valence electrons. The average molecular weight is 344 g/mol. The van der Waals surface area contributed by atoms with Crippen LogP contribution in [0.4, 0.5) is 5.69 Å². The Morgan fingerprint density at radius 1 is 1.20 bits per heavy atom. The standard InChI is InChI=1S/C17H20N4O4/c1-11-5-4-6-13(12(11)2)18-15(23)9-20(3)16(24)10-21-8-7-14(22)19-17(21)25/h4-8H,9-10H2,1-3H3,(H,18,23)(H,19,22,25). The number of aromatic amines is 1. The van der Waals surface area contributed by atoms with Crippen LogP contribution in [0.15, 0.2) is 40.1 Å². The maximum Gasteiger partial charge on any atom is 0.328 e. The Kier molecular flexibility index (Phi) is 5.53. The Balaban J connectivity index is 1.98. The Morgan fingerprint density at radius 3 is 2.60 bits per heavy atom.